The van der Waals surface area contributed by atoms with Gasteiger partial charge in [0.25, 0.3) is 5.91 Å². The number of nitrogens with one attached hydrogen (secondary N) is 1. The summed E-state index contributed by atoms with van der Waals surface area (Å²) in [5, 5.41) is 6.88. The molecule has 1 aromatic rings. The quantitative estimate of drug-likeness (QED) is 0.844. The lowest BCUT2D eigenvalue weighted by atomic mass is 9.90. The molecule has 0 radical (unpaired) electrons. The molecular weight excluding hydrogens is 276 g/mol. The number of amides is 2. The topological polar surface area (TPSA) is 75.2 Å². The summed E-state index contributed by atoms with van der Waals surface area (Å²) in [7, 11) is 0. The smallest absolute Gasteiger partial charge is 0.268 e. The van der Waals surface area contributed by atoms with E-state index in [-0.39, 0.29) is 17.2 Å². The first-order valence-electron chi connectivity index (χ1n) is 6.59. The van der Waals surface area contributed by atoms with E-state index in [1.165, 1.54) is 0 Å². The van der Waals surface area contributed by atoms with Crippen molar-refractivity contribution in [3.63, 3.8) is 0 Å². The number of hydrogen-bond donors (Lipinski definition) is 1. The van der Waals surface area contributed by atoms with E-state index < -0.39 is 5.54 Å². The maximum atomic E-state index is 12.8. The first kappa shape index (κ1) is 14.9. The van der Waals surface area contributed by atoms with Gasteiger partial charge in [0.05, 0.1) is 5.69 Å². The minimum atomic E-state index is -0.853. The van der Waals surface area contributed by atoms with Crippen molar-refractivity contribution in [2.24, 2.45) is 0 Å². The van der Waals surface area contributed by atoms with Crippen LogP contribution >= 0.6 is 11.5 Å². The van der Waals surface area contributed by atoms with Gasteiger partial charge in [-0.3, -0.25) is 9.59 Å². The molecule has 1 saturated heterocycles. The lowest BCUT2D eigenvalue weighted by Crippen LogP contribution is -2.63. The third kappa shape index (κ3) is 2.42. The Morgan fingerprint density at radius 2 is 2.05 bits per heavy atom. The van der Waals surface area contributed by atoms with Crippen molar-refractivity contribution < 1.29 is 9.59 Å². The first-order valence-corrected chi connectivity index (χ1v) is 7.36. The standard InChI is InChI=1S/C13H20N4O2S/c1-12(2,3)9-8(20-16-15-9)10(18)17-7-6-14-11(19)13(17,4)5/h6-7H2,1-5H3,(H,14,19). The predicted octanol–water partition coefficient (Wildman–Crippen LogP) is 1.19. The Hall–Kier alpha value is -1.50. The van der Waals surface area contributed by atoms with Gasteiger partial charge in [-0.15, -0.1) is 5.10 Å². The Bertz CT molecular complexity index is 545. The van der Waals surface area contributed by atoms with Gasteiger partial charge in [-0.1, -0.05) is 25.3 Å². The summed E-state index contributed by atoms with van der Waals surface area (Å²) in [6.07, 6.45) is 0. The molecule has 0 aromatic carbocycles. The Kier molecular flexibility index (Phi) is 3.58. The van der Waals surface area contributed by atoms with Crippen molar-refractivity contribution in [3.05, 3.63) is 10.6 Å². The van der Waals surface area contributed by atoms with Crippen molar-refractivity contribution in [2.75, 3.05) is 13.1 Å². The van der Waals surface area contributed by atoms with E-state index in [2.05, 4.69) is 14.9 Å². The van der Waals surface area contributed by atoms with Gasteiger partial charge in [0.1, 0.15) is 10.4 Å². The summed E-state index contributed by atoms with van der Waals surface area (Å²) >= 11 is 1.10. The predicted molar refractivity (Wildman–Crippen MR) is 76.7 cm³/mol. The minimum Gasteiger partial charge on any atom is -0.352 e. The molecule has 2 rings (SSSR count). The molecule has 1 fully saturated rings. The molecule has 6 nitrogen and oxygen atoms in total. The fraction of sp³-hybridized carbons (Fsp3) is 0.692. The van der Waals surface area contributed by atoms with E-state index in [0.717, 1.165) is 11.5 Å². The summed E-state index contributed by atoms with van der Waals surface area (Å²) in [6.45, 7) is 10.5. The van der Waals surface area contributed by atoms with Gasteiger partial charge in [-0.25, -0.2) is 0 Å². The van der Waals surface area contributed by atoms with Gasteiger partial charge in [0, 0.05) is 18.5 Å². The van der Waals surface area contributed by atoms with Crippen LogP contribution in [-0.4, -0.2) is 44.9 Å². The van der Waals surface area contributed by atoms with E-state index in [4.69, 9.17) is 0 Å². The number of nitrogens with zero attached hydrogens (tertiary/aromatic N) is 3. The molecule has 0 atom stereocenters. The van der Waals surface area contributed by atoms with Crippen LogP contribution in [0, 0.1) is 0 Å². The third-order valence-electron chi connectivity index (χ3n) is 3.49. The van der Waals surface area contributed by atoms with E-state index in [1.807, 2.05) is 20.8 Å². The second-order valence-electron chi connectivity index (χ2n) is 6.47. The zero-order chi connectivity index (χ0) is 15.1. The molecule has 20 heavy (non-hydrogen) atoms. The van der Waals surface area contributed by atoms with Gasteiger partial charge in [0.15, 0.2) is 0 Å². The zero-order valence-corrected chi connectivity index (χ0v) is 13.3. The number of carbonyl (C=O) groups is 2. The SMILES string of the molecule is CC(C)(C)c1nnsc1C(=O)N1CCNC(=O)C1(C)C. The van der Waals surface area contributed by atoms with E-state index in [0.29, 0.717) is 23.7 Å². The van der Waals surface area contributed by atoms with Crippen LogP contribution in [0.2, 0.25) is 0 Å². The molecular formula is C13H20N4O2S. The van der Waals surface area contributed by atoms with Crippen LogP contribution in [0.5, 0.6) is 0 Å². The molecule has 1 aromatic heterocycles. The van der Waals surface area contributed by atoms with Crippen LogP contribution in [-0.2, 0) is 10.2 Å². The van der Waals surface area contributed by atoms with Crippen LogP contribution < -0.4 is 5.32 Å². The highest BCUT2D eigenvalue weighted by Gasteiger charge is 2.42. The van der Waals surface area contributed by atoms with Crippen LogP contribution in [0.1, 0.15) is 50.0 Å². The molecule has 110 valence electrons. The van der Waals surface area contributed by atoms with Gasteiger partial charge in [-0.2, -0.15) is 0 Å². The summed E-state index contributed by atoms with van der Waals surface area (Å²) in [5.74, 6) is -0.295. The highest BCUT2D eigenvalue weighted by Crippen LogP contribution is 2.29. The zero-order valence-electron chi connectivity index (χ0n) is 12.5. The van der Waals surface area contributed by atoms with E-state index in [9.17, 15) is 9.59 Å². The van der Waals surface area contributed by atoms with Gasteiger partial charge in [-0.05, 0) is 25.4 Å². The highest BCUT2D eigenvalue weighted by molar-refractivity contribution is 7.08. The molecule has 2 heterocycles. The third-order valence-corrected chi connectivity index (χ3v) is 4.20. The Labute approximate surface area is 122 Å². The lowest BCUT2D eigenvalue weighted by molar-refractivity contribution is -0.133. The Balaban J connectivity index is 2.37. The van der Waals surface area contributed by atoms with E-state index >= 15 is 0 Å². The second kappa shape index (κ2) is 4.80. The Morgan fingerprint density at radius 1 is 1.40 bits per heavy atom. The normalized spacial score (nSPS) is 18.9. The van der Waals surface area contributed by atoms with Gasteiger partial charge in [0.2, 0.25) is 5.91 Å². The molecule has 0 unspecified atom stereocenters. The minimum absolute atomic E-state index is 0.133. The van der Waals surface area contributed by atoms with Crippen molar-refractivity contribution in [3.8, 4) is 0 Å². The Morgan fingerprint density at radius 3 is 2.65 bits per heavy atom. The molecule has 0 bridgehead atoms. The number of piperazine rings is 1. The molecule has 2 amide bonds. The fourth-order valence-electron chi connectivity index (χ4n) is 2.20. The van der Waals surface area contributed by atoms with Crippen LogP contribution in [0.3, 0.4) is 0 Å². The number of aromatic nitrogens is 2. The molecule has 1 N–H and O–H groups in total. The first-order chi connectivity index (χ1) is 9.15. The number of rotatable bonds is 1. The van der Waals surface area contributed by atoms with Crippen LogP contribution in [0.25, 0.3) is 0 Å². The van der Waals surface area contributed by atoms with Crippen LogP contribution in [0.15, 0.2) is 0 Å². The summed E-state index contributed by atoms with van der Waals surface area (Å²) in [4.78, 5) is 26.9. The van der Waals surface area contributed by atoms with Crippen molar-refractivity contribution >= 4 is 23.3 Å². The van der Waals surface area contributed by atoms with Crippen LogP contribution in [0.4, 0.5) is 0 Å². The fourth-order valence-corrected chi connectivity index (χ4v) is 3.03. The molecule has 0 spiro atoms. The van der Waals surface area contributed by atoms with Crippen molar-refractivity contribution in [2.45, 2.75) is 45.6 Å². The maximum Gasteiger partial charge on any atom is 0.268 e. The lowest BCUT2D eigenvalue weighted by Gasteiger charge is -2.41. The summed E-state index contributed by atoms with van der Waals surface area (Å²) in [5.41, 5.74) is -0.413. The summed E-state index contributed by atoms with van der Waals surface area (Å²) in [6, 6.07) is 0. The van der Waals surface area contributed by atoms with Crippen molar-refractivity contribution in [1.82, 2.24) is 19.8 Å². The average Bonchev–Trinajstić information content (AvgIpc) is 2.80. The maximum absolute atomic E-state index is 12.8. The molecule has 1 aliphatic rings. The molecule has 1 aliphatic heterocycles. The molecule has 0 aliphatic carbocycles. The average molecular weight is 296 g/mol. The molecule has 7 heteroatoms. The molecule has 0 saturated carbocycles. The van der Waals surface area contributed by atoms with Gasteiger partial charge >= 0.3 is 0 Å². The summed E-state index contributed by atoms with van der Waals surface area (Å²) < 4.78 is 3.91. The van der Waals surface area contributed by atoms with Gasteiger partial charge < -0.3 is 10.2 Å². The number of hydrogen-bond acceptors (Lipinski definition) is 5. The second-order valence-corrected chi connectivity index (χ2v) is 7.23. The highest BCUT2D eigenvalue weighted by atomic mass is 32.1. The largest absolute Gasteiger partial charge is 0.352 e. The number of carbonyl (C=O) groups excluding carboxylic acids is 2. The monoisotopic (exact) mass is 296 g/mol. The van der Waals surface area contributed by atoms with E-state index in [1.54, 1.807) is 18.7 Å². The van der Waals surface area contributed by atoms with Crippen molar-refractivity contribution in [1.29, 1.82) is 0 Å².